The molecule has 94 valence electrons. The van der Waals surface area contributed by atoms with Crippen LogP contribution in [-0.2, 0) is 11.9 Å². The Balaban J connectivity index is 2.06. The summed E-state index contributed by atoms with van der Waals surface area (Å²) in [5.74, 6) is 0.481. The van der Waals surface area contributed by atoms with Gasteiger partial charge < -0.3 is 0 Å². The molecule has 2 aromatic rings. The molecule has 3 nitrogen and oxygen atoms in total. The molecule has 0 spiro atoms. The Morgan fingerprint density at radius 1 is 1.17 bits per heavy atom. The molecular formula is C11H8F3N3S. The molecule has 0 saturated carbocycles. The first-order chi connectivity index (χ1) is 8.55. The number of pyridine rings is 1. The minimum absolute atomic E-state index is 0.105. The van der Waals surface area contributed by atoms with E-state index < -0.39 is 11.9 Å². The molecule has 2 heterocycles. The van der Waals surface area contributed by atoms with Gasteiger partial charge in [0.15, 0.2) is 5.16 Å². The molecule has 0 aromatic carbocycles. The molecule has 2 aromatic heterocycles. The molecule has 0 bridgehead atoms. The van der Waals surface area contributed by atoms with Crippen LogP contribution in [0.25, 0.3) is 0 Å². The number of halogens is 3. The van der Waals surface area contributed by atoms with Crippen molar-refractivity contribution in [2.45, 2.75) is 17.1 Å². The molecule has 0 saturated heterocycles. The normalized spacial score (nSPS) is 11.5. The van der Waals surface area contributed by atoms with Gasteiger partial charge in [-0.25, -0.2) is 9.97 Å². The average molecular weight is 271 g/mol. The van der Waals surface area contributed by atoms with Gasteiger partial charge in [-0.3, -0.25) is 4.98 Å². The van der Waals surface area contributed by atoms with Gasteiger partial charge in [-0.05, 0) is 17.7 Å². The third kappa shape index (κ3) is 3.43. The predicted molar refractivity (Wildman–Crippen MR) is 60.8 cm³/mol. The molecule has 0 aliphatic rings. The molecule has 2 rings (SSSR count). The lowest BCUT2D eigenvalue weighted by Crippen LogP contribution is -2.08. The number of alkyl halides is 3. The minimum atomic E-state index is -4.44. The summed E-state index contributed by atoms with van der Waals surface area (Å²) in [5, 5.41) is 0.105. The number of nitrogens with zero attached hydrogens (tertiary/aromatic N) is 3. The molecule has 0 aliphatic heterocycles. The summed E-state index contributed by atoms with van der Waals surface area (Å²) in [4.78, 5) is 11.2. The summed E-state index contributed by atoms with van der Waals surface area (Å²) in [6.07, 6.45) is -0.0382. The van der Waals surface area contributed by atoms with Gasteiger partial charge in [0.25, 0.3) is 0 Å². The van der Waals surface area contributed by atoms with E-state index in [9.17, 15) is 13.2 Å². The highest BCUT2D eigenvalue weighted by molar-refractivity contribution is 7.98. The van der Waals surface area contributed by atoms with Crippen LogP contribution in [0.5, 0.6) is 0 Å². The van der Waals surface area contributed by atoms with Gasteiger partial charge in [0, 0.05) is 24.3 Å². The first kappa shape index (κ1) is 12.8. The van der Waals surface area contributed by atoms with Crippen LogP contribution in [0, 0.1) is 0 Å². The molecule has 18 heavy (non-hydrogen) atoms. The summed E-state index contributed by atoms with van der Waals surface area (Å²) in [6.45, 7) is 0. The van der Waals surface area contributed by atoms with Gasteiger partial charge in [0.05, 0.1) is 0 Å². The fourth-order valence-electron chi connectivity index (χ4n) is 1.20. The van der Waals surface area contributed by atoms with Crippen molar-refractivity contribution in [1.29, 1.82) is 0 Å². The van der Waals surface area contributed by atoms with Crippen LogP contribution in [0.4, 0.5) is 13.2 Å². The van der Waals surface area contributed by atoms with Crippen LogP contribution in [0.15, 0.2) is 41.9 Å². The van der Waals surface area contributed by atoms with Crippen molar-refractivity contribution >= 4 is 11.8 Å². The summed E-state index contributed by atoms with van der Waals surface area (Å²) in [7, 11) is 0. The van der Waals surface area contributed by atoms with Crippen molar-refractivity contribution in [3.63, 3.8) is 0 Å². The highest BCUT2D eigenvalue weighted by Crippen LogP contribution is 2.28. The standard InChI is InChI=1S/C11H8F3N3S/c12-11(13,14)9-3-5-16-10(17-9)18-7-8-2-1-4-15-6-8/h1-6H,7H2. The lowest BCUT2D eigenvalue weighted by atomic mass is 10.3. The molecular weight excluding hydrogens is 263 g/mol. The largest absolute Gasteiger partial charge is 0.433 e. The van der Waals surface area contributed by atoms with Crippen molar-refractivity contribution in [3.8, 4) is 0 Å². The Hall–Kier alpha value is -1.63. The molecule has 0 unspecified atom stereocenters. The lowest BCUT2D eigenvalue weighted by molar-refractivity contribution is -0.141. The summed E-state index contributed by atoms with van der Waals surface area (Å²) < 4.78 is 37.3. The third-order valence-electron chi connectivity index (χ3n) is 2.01. The zero-order valence-electron chi connectivity index (χ0n) is 9.05. The average Bonchev–Trinajstić information content (AvgIpc) is 2.37. The van der Waals surface area contributed by atoms with Crippen molar-refractivity contribution in [1.82, 2.24) is 15.0 Å². The zero-order chi connectivity index (χ0) is 13.0. The Bertz CT molecular complexity index is 516. The van der Waals surface area contributed by atoms with Gasteiger partial charge in [0.1, 0.15) is 5.69 Å². The van der Waals surface area contributed by atoms with Crippen LogP contribution < -0.4 is 0 Å². The van der Waals surface area contributed by atoms with Gasteiger partial charge >= 0.3 is 6.18 Å². The first-order valence-electron chi connectivity index (χ1n) is 4.97. The maximum atomic E-state index is 12.4. The van der Waals surface area contributed by atoms with E-state index in [-0.39, 0.29) is 5.16 Å². The van der Waals surface area contributed by atoms with Crippen LogP contribution in [0.2, 0.25) is 0 Å². The fraction of sp³-hybridized carbons (Fsp3) is 0.182. The molecule has 0 atom stereocenters. The lowest BCUT2D eigenvalue weighted by Gasteiger charge is -2.06. The quantitative estimate of drug-likeness (QED) is 0.635. The van der Waals surface area contributed by atoms with Crippen LogP contribution in [0.1, 0.15) is 11.3 Å². The smallest absolute Gasteiger partial charge is 0.264 e. The zero-order valence-corrected chi connectivity index (χ0v) is 9.87. The van der Waals surface area contributed by atoms with E-state index in [1.807, 2.05) is 6.07 Å². The van der Waals surface area contributed by atoms with Crippen LogP contribution in [-0.4, -0.2) is 15.0 Å². The predicted octanol–water partition coefficient (Wildman–Crippen LogP) is 3.18. The number of rotatable bonds is 3. The summed E-state index contributed by atoms with van der Waals surface area (Å²) in [6, 6.07) is 4.46. The molecule has 7 heteroatoms. The topological polar surface area (TPSA) is 38.7 Å². The fourth-order valence-corrected chi connectivity index (χ4v) is 1.96. The van der Waals surface area contributed by atoms with E-state index in [0.717, 1.165) is 29.6 Å². The molecule has 0 radical (unpaired) electrons. The van der Waals surface area contributed by atoms with Gasteiger partial charge in [0.2, 0.25) is 0 Å². The third-order valence-corrected chi connectivity index (χ3v) is 2.95. The Morgan fingerprint density at radius 2 is 2.00 bits per heavy atom. The second-order valence-corrected chi connectivity index (χ2v) is 4.31. The second kappa shape index (κ2) is 5.34. The second-order valence-electron chi connectivity index (χ2n) is 3.37. The van der Waals surface area contributed by atoms with E-state index in [1.54, 1.807) is 18.5 Å². The first-order valence-corrected chi connectivity index (χ1v) is 5.96. The van der Waals surface area contributed by atoms with E-state index in [4.69, 9.17) is 0 Å². The number of aromatic nitrogens is 3. The molecule has 0 N–H and O–H groups in total. The van der Waals surface area contributed by atoms with Crippen molar-refractivity contribution in [2.75, 3.05) is 0 Å². The Labute approximate surface area is 105 Å². The van der Waals surface area contributed by atoms with Crippen molar-refractivity contribution < 1.29 is 13.2 Å². The van der Waals surface area contributed by atoms with E-state index >= 15 is 0 Å². The van der Waals surface area contributed by atoms with E-state index in [1.165, 1.54) is 0 Å². The molecule has 0 aliphatic carbocycles. The number of thioether (sulfide) groups is 1. The minimum Gasteiger partial charge on any atom is -0.264 e. The monoisotopic (exact) mass is 271 g/mol. The number of hydrogen-bond acceptors (Lipinski definition) is 4. The van der Waals surface area contributed by atoms with Gasteiger partial charge in [-0.1, -0.05) is 17.8 Å². The van der Waals surface area contributed by atoms with Crippen molar-refractivity contribution in [3.05, 3.63) is 48.0 Å². The molecule has 0 amide bonds. The number of hydrogen-bond donors (Lipinski definition) is 0. The maximum Gasteiger partial charge on any atom is 0.433 e. The summed E-state index contributed by atoms with van der Waals surface area (Å²) >= 11 is 1.14. The van der Waals surface area contributed by atoms with Crippen LogP contribution >= 0.6 is 11.8 Å². The van der Waals surface area contributed by atoms with E-state index in [2.05, 4.69) is 15.0 Å². The highest BCUT2D eigenvalue weighted by Gasteiger charge is 2.32. The van der Waals surface area contributed by atoms with E-state index in [0.29, 0.717) is 5.75 Å². The van der Waals surface area contributed by atoms with Crippen LogP contribution in [0.3, 0.4) is 0 Å². The van der Waals surface area contributed by atoms with Gasteiger partial charge in [-0.15, -0.1) is 0 Å². The van der Waals surface area contributed by atoms with Gasteiger partial charge in [-0.2, -0.15) is 13.2 Å². The highest BCUT2D eigenvalue weighted by atomic mass is 32.2. The SMILES string of the molecule is FC(F)(F)c1ccnc(SCc2cccnc2)n1. The van der Waals surface area contributed by atoms with Crippen molar-refractivity contribution in [2.24, 2.45) is 0 Å². The molecule has 0 fully saturated rings. The Kier molecular flexibility index (Phi) is 3.81. The summed E-state index contributed by atoms with van der Waals surface area (Å²) in [5.41, 5.74) is -0.0188. The Morgan fingerprint density at radius 3 is 2.67 bits per heavy atom. The maximum absolute atomic E-state index is 12.4.